The zero-order chi connectivity index (χ0) is 14.2. The number of rotatable bonds is 7. The molecule has 0 unspecified atom stereocenters. The van der Waals surface area contributed by atoms with Crippen LogP contribution in [0.25, 0.3) is 0 Å². The summed E-state index contributed by atoms with van der Waals surface area (Å²) in [5.74, 6) is 0.909. The lowest BCUT2D eigenvalue weighted by Gasteiger charge is -2.19. The first-order chi connectivity index (χ1) is 9.79. The average molecular weight is 270 g/mol. The second kappa shape index (κ2) is 7.56. The van der Waals surface area contributed by atoms with E-state index in [9.17, 15) is 0 Å². The number of para-hydroxylation sites is 1. The fraction of sp³-hybridized carbons (Fsp3) is 0.294. The van der Waals surface area contributed by atoms with Crippen molar-refractivity contribution in [3.63, 3.8) is 0 Å². The number of benzene rings is 2. The van der Waals surface area contributed by atoms with Crippen molar-refractivity contribution in [2.24, 2.45) is 5.73 Å². The van der Waals surface area contributed by atoms with Crippen LogP contribution in [0.15, 0.2) is 54.6 Å². The van der Waals surface area contributed by atoms with E-state index in [4.69, 9.17) is 10.5 Å². The van der Waals surface area contributed by atoms with Gasteiger partial charge in [0.05, 0.1) is 6.54 Å². The van der Waals surface area contributed by atoms with Crippen molar-refractivity contribution in [3.05, 3.63) is 60.2 Å². The molecule has 0 aliphatic heterocycles. The highest BCUT2D eigenvalue weighted by molar-refractivity contribution is 5.44. The third kappa shape index (κ3) is 4.28. The lowest BCUT2D eigenvalue weighted by molar-refractivity contribution is 0.326. The highest BCUT2D eigenvalue weighted by atomic mass is 16.5. The molecule has 2 rings (SSSR count). The van der Waals surface area contributed by atoms with Gasteiger partial charge in [0.2, 0.25) is 0 Å². The summed E-state index contributed by atoms with van der Waals surface area (Å²) in [6.07, 6.45) is 0.914. The summed E-state index contributed by atoms with van der Waals surface area (Å²) >= 11 is 0. The van der Waals surface area contributed by atoms with Gasteiger partial charge < -0.3 is 15.4 Å². The quantitative estimate of drug-likeness (QED) is 0.840. The summed E-state index contributed by atoms with van der Waals surface area (Å²) in [5.41, 5.74) is 7.98. The predicted molar refractivity (Wildman–Crippen MR) is 84.4 cm³/mol. The predicted octanol–water partition coefficient (Wildman–Crippen LogP) is 2.70. The van der Waals surface area contributed by atoms with Crippen LogP contribution in [0, 0.1) is 0 Å². The molecule has 0 bridgehead atoms. The molecule has 3 heteroatoms. The molecule has 0 atom stereocenters. The van der Waals surface area contributed by atoms with E-state index in [-0.39, 0.29) is 0 Å². The molecule has 0 radical (unpaired) electrons. The molecule has 3 nitrogen and oxygen atoms in total. The number of ether oxygens (including phenoxy) is 1. The van der Waals surface area contributed by atoms with E-state index in [0.29, 0.717) is 13.2 Å². The van der Waals surface area contributed by atoms with Crippen LogP contribution in [0.5, 0.6) is 5.75 Å². The molecule has 106 valence electrons. The van der Waals surface area contributed by atoms with Crippen LogP contribution in [-0.4, -0.2) is 26.7 Å². The monoisotopic (exact) mass is 270 g/mol. The van der Waals surface area contributed by atoms with Gasteiger partial charge in [0.25, 0.3) is 0 Å². The van der Waals surface area contributed by atoms with Gasteiger partial charge in [-0.3, -0.25) is 0 Å². The zero-order valence-corrected chi connectivity index (χ0v) is 12.0. The number of nitrogens with zero attached hydrogens (tertiary/aromatic N) is 1. The molecule has 2 aromatic rings. The van der Waals surface area contributed by atoms with Crippen LogP contribution < -0.4 is 15.4 Å². The van der Waals surface area contributed by atoms with E-state index in [2.05, 4.69) is 36.2 Å². The Balaban J connectivity index is 1.78. The first-order valence-electron chi connectivity index (χ1n) is 6.97. The maximum atomic E-state index is 5.76. The molecule has 0 aromatic heterocycles. The van der Waals surface area contributed by atoms with Gasteiger partial charge in [0.15, 0.2) is 0 Å². The number of hydrogen-bond acceptors (Lipinski definition) is 3. The van der Waals surface area contributed by atoms with Crippen molar-refractivity contribution in [3.8, 4) is 5.75 Å². The van der Waals surface area contributed by atoms with Gasteiger partial charge in [-0.25, -0.2) is 0 Å². The van der Waals surface area contributed by atoms with E-state index in [1.807, 2.05) is 30.3 Å². The number of hydrogen-bond donors (Lipinski definition) is 1. The van der Waals surface area contributed by atoms with E-state index in [1.165, 1.54) is 11.3 Å². The van der Waals surface area contributed by atoms with Crippen molar-refractivity contribution < 1.29 is 4.74 Å². The van der Waals surface area contributed by atoms with E-state index < -0.39 is 0 Å². The molecule has 20 heavy (non-hydrogen) atoms. The number of nitrogens with two attached hydrogens (primary N) is 1. The van der Waals surface area contributed by atoms with Crippen molar-refractivity contribution in [2.75, 3.05) is 31.6 Å². The first kappa shape index (κ1) is 14.4. The lowest BCUT2D eigenvalue weighted by atomic mass is 10.1. The third-order valence-electron chi connectivity index (χ3n) is 3.25. The third-order valence-corrected chi connectivity index (χ3v) is 3.25. The molecule has 0 saturated heterocycles. The summed E-state index contributed by atoms with van der Waals surface area (Å²) in [6.45, 7) is 2.21. The highest BCUT2D eigenvalue weighted by Gasteiger charge is 2.00. The van der Waals surface area contributed by atoms with Gasteiger partial charge in [-0.2, -0.15) is 0 Å². The Labute approximate surface area is 121 Å². The SMILES string of the molecule is CN(CCOc1ccc(CCN)cc1)c1ccccc1. The van der Waals surface area contributed by atoms with Gasteiger partial charge >= 0.3 is 0 Å². The van der Waals surface area contributed by atoms with Crippen LogP contribution in [0.3, 0.4) is 0 Å². The fourth-order valence-electron chi connectivity index (χ4n) is 2.03. The Morgan fingerprint density at radius 1 is 1.00 bits per heavy atom. The minimum Gasteiger partial charge on any atom is -0.492 e. The Morgan fingerprint density at radius 2 is 1.70 bits per heavy atom. The Morgan fingerprint density at radius 3 is 2.35 bits per heavy atom. The van der Waals surface area contributed by atoms with Crippen LogP contribution in [0.4, 0.5) is 5.69 Å². The molecule has 0 saturated carbocycles. The van der Waals surface area contributed by atoms with E-state index in [1.54, 1.807) is 0 Å². The summed E-state index contributed by atoms with van der Waals surface area (Å²) in [7, 11) is 2.07. The maximum absolute atomic E-state index is 5.76. The summed E-state index contributed by atoms with van der Waals surface area (Å²) in [6, 6.07) is 18.5. The van der Waals surface area contributed by atoms with Gasteiger partial charge in [-0.05, 0) is 42.8 Å². The Hall–Kier alpha value is -2.00. The molecular weight excluding hydrogens is 248 g/mol. The van der Waals surface area contributed by atoms with Crippen molar-refractivity contribution >= 4 is 5.69 Å². The smallest absolute Gasteiger partial charge is 0.119 e. The second-order valence-electron chi connectivity index (χ2n) is 4.79. The van der Waals surface area contributed by atoms with Crippen LogP contribution in [-0.2, 0) is 6.42 Å². The molecule has 0 aliphatic rings. The summed E-state index contributed by atoms with van der Waals surface area (Å²) < 4.78 is 5.76. The summed E-state index contributed by atoms with van der Waals surface area (Å²) in [5, 5.41) is 0. The average Bonchev–Trinajstić information content (AvgIpc) is 2.50. The largest absolute Gasteiger partial charge is 0.492 e. The molecule has 0 amide bonds. The molecule has 2 aromatic carbocycles. The van der Waals surface area contributed by atoms with Crippen molar-refractivity contribution in [2.45, 2.75) is 6.42 Å². The minimum atomic E-state index is 0.668. The highest BCUT2D eigenvalue weighted by Crippen LogP contribution is 2.13. The zero-order valence-electron chi connectivity index (χ0n) is 12.0. The lowest BCUT2D eigenvalue weighted by Crippen LogP contribution is -2.23. The van der Waals surface area contributed by atoms with Crippen molar-refractivity contribution in [1.82, 2.24) is 0 Å². The van der Waals surface area contributed by atoms with E-state index in [0.717, 1.165) is 18.7 Å². The van der Waals surface area contributed by atoms with Gasteiger partial charge in [-0.15, -0.1) is 0 Å². The molecular formula is C17H22N2O. The van der Waals surface area contributed by atoms with Gasteiger partial charge in [0.1, 0.15) is 12.4 Å². The van der Waals surface area contributed by atoms with Crippen LogP contribution in [0.1, 0.15) is 5.56 Å². The standard InChI is InChI=1S/C17H22N2O/c1-19(16-5-3-2-4-6-16)13-14-20-17-9-7-15(8-10-17)11-12-18/h2-10H,11-14,18H2,1H3. The Kier molecular flexibility index (Phi) is 5.44. The molecule has 0 heterocycles. The summed E-state index contributed by atoms with van der Waals surface area (Å²) in [4.78, 5) is 2.18. The fourth-order valence-corrected chi connectivity index (χ4v) is 2.03. The molecule has 0 spiro atoms. The van der Waals surface area contributed by atoms with Crippen LogP contribution >= 0.6 is 0 Å². The van der Waals surface area contributed by atoms with Gasteiger partial charge in [-0.1, -0.05) is 30.3 Å². The first-order valence-corrected chi connectivity index (χ1v) is 6.97. The number of likely N-dealkylation sites (N-methyl/N-ethyl adjacent to an activating group) is 1. The molecule has 0 aliphatic carbocycles. The molecule has 0 fully saturated rings. The van der Waals surface area contributed by atoms with E-state index >= 15 is 0 Å². The topological polar surface area (TPSA) is 38.5 Å². The minimum absolute atomic E-state index is 0.668. The van der Waals surface area contributed by atoms with Crippen LogP contribution in [0.2, 0.25) is 0 Å². The maximum Gasteiger partial charge on any atom is 0.119 e. The second-order valence-corrected chi connectivity index (χ2v) is 4.79. The Bertz CT molecular complexity index is 496. The van der Waals surface area contributed by atoms with Gasteiger partial charge in [0, 0.05) is 12.7 Å². The van der Waals surface area contributed by atoms with Crippen molar-refractivity contribution in [1.29, 1.82) is 0 Å². The molecule has 2 N–H and O–H groups in total. The normalized spacial score (nSPS) is 10.3. The number of anilines is 1.